The second-order valence-corrected chi connectivity index (χ2v) is 5.12. The van der Waals surface area contributed by atoms with Gasteiger partial charge in [0.25, 0.3) is 0 Å². The molecule has 1 aliphatic rings. The largest absolute Gasteiger partial charge is 0.402 e. The van der Waals surface area contributed by atoms with Crippen LogP contribution < -0.4 is 5.73 Å². The van der Waals surface area contributed by atoms with E-state index in [4.69, 9.17) is 17.3 Å². The van der Waals surface area contributed by atoms with Crippen LogP contribution in [0, 0.1) is 23.7 Å². The van der Waals surface area contributed by atoms with Crippen molar-refractivity contribution in [3.8, 4) is 0 Å². The molecule has 0 saturated carbocycles. The van der Waals surface area contributed by atoms with Gasteiger partial charge in [-0.05, 0) is 24.7 Å². The van der Waals surface area contributed by atoms with Gasteiger partial charge in [-0.1, -0.05) is 26.8 Å². The van der Waals surface area contributed by atoms with Crippen LogP contribution in [0.4, 0.5) is 0 Å². The fourth-order valence-corrected chi connectivity index (χ4v) is 2.23. The molecule has 13 heavy (non-hydrogen) atoms. The van der Waals surface area contributed by atoms with Crippen LogP contribution in [-0.4, -0.2) is 5.38 Å². The minimum atomic E-state index is 0.248. The summed E-state index contributed by atoms with van der Waals surface area (Å²) >= 11 is 6.08. The normalized spacial score (nSPS) is 34.4. The average molecular weight is 202 g/mol. The van der Waals surface area contributed by atoms with E-state index in [-0.39, 0.29) is 5.38 Å². The van der Waals surface area contributed by atoms with Gasteiger partial charge < -0.3 is 5.73 Å². The van der Waals surface area contributed by atoms with Gasteiger partial charge in [-0.3, -0.25) is 0 Å². The van der Waals surface area contributed by atoms with Gasteiger partial charge in [0.05, 0.1) is 0 Å². The Labute approximate surface area is 86.3 Å². The van der Waals surface area contributed by atoms with Gasteiger partial charge in [0.1, 0.15) is 0 Å². The lowest BCUT2D eigenvalue weighted by molar-refractivity contribution is 0.228. The predicted molar refractivity (Wildman–Crippen MR) is 58.6 cm³/mol. The molecule has 2 heteroatoms. The first-order valence-corrected chi connectivity index (χ1v) is 5.50. The molecule has 0 spiro atoms. The van der Waals surface area contributed by atoms with E-state index in [1.54, 1.807) is 0 Å². The maximum Gasteiger partial charge on any atom is 0.0336 e. The molecule has 0 fully saturated rings. The zero-order valence-corrected chi connectivity index (χ0v) is 9.68. The summed E-state index contributed by atoms with van der Waals surface area (Å²) in [6.07, 6.45) is 2.19. The number of hydrogen-bond acceptors (Lipinski definition) is 1. The van der Waals surface area contributed by atoms with E-state index in [0.717, 1.165) is 5.70 Å². The van der Waals surface area contributed by atoms with Crippen LogP contribution >= 0.6 is 11.6 Å². The standard InChI is InChI=1S/C11H20ClN/c1-6(9(4)12)7(2)10-5-11(13)8(10)3/h5-10H,13H2,1-4H3/t6-,7-,8?,9-,10+/m1/s1. The van der Waals surface area contributed by atoms with Crippen molar-refractivity contribution in [2.45, 2.75) is 33.1 Å². The molecule has 1 rings (SSSR count). The number of hydrogen-bond donors (Lipinski definition) is 1. The molecular formula is C11H20ClN. The van der Waals surface area contributed by atoms with Crippen molar-refractivity contribution < 1.29 is 0 Å². The molecule has 0 aromatic rings. The highest BCUT2D eigenvalue weighted by Gasteiger charge is 2.34. The minimum absolute atomic E-state index is 0.248. The quantitative estimate of drug-likeness (QED) is 0.699. The van der Waals surface area contributed by atoms with Gasteiger partial charge in [0.15, 0.2) is 0 Å². The zero-order valence-electron chi connectivity index (χ0n) is 8.92. The van der Waals surface area contributed by atoms with Crippen molar-refractivity contribution in [1.82, 2.24) is 0 Å². The third-order valence-corrected chi connectivity index (χ3v) is 4.05. The second kappa shape index (κ2) is 3.91. The second-order valence-electron chi connectivity index (χ2n) is 4.43. The van der Waals surface area contributed by atoms with Gasteiger partial charge in [-0.25, -0.2) is 0 Å². The number of halogens is 1. The highest BCUT2D eigenvalue weighted by Crippen LogP contribution is 2.40. The predicted octanol–water partition coefficient (Wildman–Crippen LogP) is 2.99. The minimum Gasteiger partial charge on any atom is -0.402 e. The SMILES string of the molecule is CC1C(N)=C[C@H]1[C@H](C)[C@@H](C)[C@@H](C)Cl. The van der Waals surface area contributed by atoms with E-state index < -0.39 is 0 Å². The van der Waals surface area contributed by atoms with E-state index in [1.807, 2.05) is 0 Å². The summed E-state index contributed by atoms with van der Waals surface area (Å²) in [7, 11) is 0. The molecule has 0 amide bonds. The van der Waals surface area contributed by atoms with Crippen LogP contribution in [0.5, 0.6) is 0 Å². The first kappa shape index (κ1) is 10.9. The highest BCUT2D eigenvalue weighted by atomic mass is 35.5. The van der Waals surface area contributed by atoms with Crippen LogP contribution in [0.15, 0.2) is 11.8 Å². The maximum absolute atomic E-state index is 6.08. The van der Waals surface area contributed by atoms with Gasteiger partial charge in [0, 0.05) is 17.0 Å². The smallest absolute Gasteiger partial charge is 0.0336 e. The van der Waals surface area contributed by atoms with E-state index >= 15 is 0 Å². The fraction of sp³-hybridized carbons (Fsp3) is 0.818. The van der Waals surface area contributed by atoms with Crippen molar-refractivity contribution in [2.24, 2.45) is 29.4 Å². The number of allylic oxidation sites excluding steroid dienone is 2. The van der Waals surface area contributed by atoms with Gasteiger partial charge in [-0.15, -0.1) is 11.6 Å². The Bertz CT molecular complexity index is 210. The van der Waals surface area contributed by atoms with E-state index in [1.165, 1.54) is 0 Å². The van der Waals surface area contributed by atoms with Crippen molar-refractivity contribution >= 4 is 11.6 Å². The van der Waals surface area contributed by atoms with E-state index in [2.05, 4.69) is 33.8 Å². The van der Waals surface area contributed by atoms with Crippen LogP contribution in [0.3, 0.4) is 0 Å². The molecule has 5 atom stereocenters. The van der Waals surface area contributed by atoms with E-state index in [0.29, 0.717) is 23.7 Å². The lowest BCUT2D eigenvalue weighted by Crippen LogP contribution is -2.36. The first-order chi connectivity index (χ1) is 5.95. The Morgan fingerprint density at radius 3 is 2.23 bits per heavy atom. The van der Waals surface area contributed by atoms with Crippen LogP contribution in [0.1, 0.15) is 27.7 Å². The Kier molecular flexibility index (Phi) is 3.28. The number of nitrogens with two attached hydrogens (primary N) is 1. The van der Waals surface area contributed by atoms with Crippen molar-refractivity contribution in [3.63, 3.8) is 0 Å². The number of rotatable bonds is 3. The lowest BCUT2D eigenvalue weighted by Gasteiger charge is -2.39. The van der Waals surface area contributed by atoms with Gasteiger partial charge in [-0.2, -0.15) is 0 Å². The molecule has 0 aliphatic heterocycles. The molecule has 0 bridgehead atoms. The third kappa shape index (κ3) is 2.01. The maximum atomic E-state index is 6.08. The lowest BCUT2D eigenvalue weighted by atomic mass is 9.69. The summed E-state index contributed by atoms with van der Waals surface area (Å²) in [5.74, 6) is 2.37. The first-order valence-electron chi connectivity index (χ1n) is 5.06. The topological polar surface area (TPSA) is 26.0 Å². The van der Waals surface area contributed by atoms with Crippen LogP contribution in [0.25, 0.3) is 0 Å². The summed E-state index contributed by atoms with van der Waals surface area (Å²) in [5, 5.41) is 0.248. The van der Waals surface area contributed by atoms with Crippen LogP contribution in [-0.2, 0) is 0 Å². The van der Waals surface area contributed by atoms with Crippen molar-refractivity contribution in [3.05, 3.63) is 11.8 Å². The molecule has 76 valence electrons. The Morgan fingerprint density at radius 2 is 1.92 bits per heavy atom. The molecular weight excluding hydrogens is 182 g/mol. The van der Waals surface area contributed by atoms with Crippen molar-refractivity contribution in [1.29, 1.82) is 0 Å². The molecule has 1 nitrogen and oxygen atoms in total. The number of alkyl halides is 1. The molecule has 0 heterocycles. The highest BCUT2D eigenvalue weighted by molar-refractivity contribution is 6.20. The fourth-order valence-electron chi connectivity index (χ4n) is 2.00. The summed E-state index contributed by atoms with van der Waals surface area (Å²) in [4.78, 5) is 0. The van der Waals surface area contributed by atoms with Gasteiger partial charge in [0.2, 0.25) is 0 Å². The molecule has 1 unspecified atom stereocenters. The molecule has 2 N–H and O–H groups in total. The molecule has 0 radical (unpaired) electrons. The third-order valence-electron chi connectivity index (χ3n) is 3.65. The monoisotopic (exact) mass is 201 g/mol. The molecule has 0 aromatic carbocycles. The Balaban J connectivity index is 2.55. The summed E-state index contributed by atoms with van der Waals surface area (Å²) in [6, 6.07) is 0. The summed E-state index contributed by atoms with van der Waals surface area (Å²) < 4.78 is 0. The van der Waals surface area contributed by atoms with Gasteiger partial charge >= 0.3 is 0 Å². The van der Waals surface area contributed by atoms with E-state index in [9.17, 15) is 0 Å². The Morgan fingerprint density at radius 1 is 1.38 bits per heavy atom. The molecule has 0 aromatic heterocycles. The Hall–Kier alpha value is -0.170. The summed E-state index contributed by atoms with van der Waals surface area (Å²) in [6.45, 7) is 8.76. The average Bonchev–Trinajstić information content (AvgIpc) is 2.10. The molecule has 0 saturated heterocycles. The summed E-state index contributed by atoms with van der Waals surface area (Å²) in [5.41, 5.74) is 6.80. The van der Waals surface area contributed by atoms with Crippen LogP contribution in [0.2, 0.25) is 0 Å². The van der Waals surface area contributed by atoms with Crippen molar-refractivity contribution in [2.75, 3.05) is 0 Å². The zero-order chi connectivity index (χ0) is 10.2. The molecule has 1 aliphatic carbocycles.